The average molecular weight is 288 g/mol. The van der Waals surface area contributed by atoms with Gasteiger partial charge in [-0.05, 0) is 39.0 Å². The van der Waals surface area contributed by atoms with Gasteiger partial charge in [0.15, 0.2) is 0 Å². The van der Waals surface area contributed by atoms with E-state index in [1.807, 2.05) is 19.9 Å². The fourth-order valence-electron chi connectivity index (χ4n) is 1.85. The third kappa shape index (κ3) is 6.03. The van der Waals surface area contributed by atoms with Crippen LogP contribution in [-0.2, 0) is 9.63 Å². The summed E-state index contributed by atoms with van der Waals surface area (Å²) in [6.45, 7) is 8.85. The van der Waals surface area contributed by atoms with Crippen molar-refractivity contribution in [1.29, 1.82) is 0 Å². The molecule has 21 heavy (non-hydrogen) atoms. The number of nitrogens with one attached hydrogen (secondary N) is 1. The molecule has 1 rings (SSSR count). The van der Waals surface area contributed by atoms with Gasteiger partial charge in [-0.2, -0.15) is 0 Å². The van der Waals surface area contributed by atoms with Crippen LogP contribution in [-0.4, -0.2) is 23.1 Å². The fourth-order valence-corrected chi connectivity index (χ4v) is 1.85. The van der Waals surface area contributed by atoms with Crippen molar-refractivity contribution in [3.8, 4) is 0 Å². The van der Waals surface area contributed by atoms with Gasteiger partial charge in [-0.25, -0.2) is 4.79 Å². The molecule has 0 radical (unpaired) electrons. The van der Waals surface area contributed by atoms with Gasteiger partial charge in [-0.1, -0.05) is 29.9 Å². The minimum atomic E-state index is -0.511. The molecule has 1 amide bonds. The van der Waals surface area contributed by atoms with E-state index in [1.54, 1.807) is 31.2 Å². The average Bonchev–Trinajstić information content (AvgIpc) is 2.44. The smallest absolute Gasteiger partial charge is 0.347 e. The Labute approximate surface area is 124 Å². The van der Waals surface area contributed by atoms with Gasteiger partial charge >= 0.3 is 5.97 Å². The Kier molecular flexibility index (Phi) is 5.84. The van der Waals surface area contributed by atoms with Crippen LogP contribution in [0.5, 0.6) is 0 Å². The molecule has 0 aliphatic rings. The van der Waals surface area contributed by atoms with Crippen LogP contribution in [0.4, 0.5) is 0 Å². The second-order valence-electron chi connectivity index (χ2n) is 5.33. The highest BCUT2D eigenvalue weighted by Crippen LogP contribution is 2.10. The number of carbonyl (C=O) groups is 2. The van der Waals surface area contributed by atoms with Gasteiger partial charge < -0.3 is 10.2 Å². The standard InChI is InChI=1S/C16H20N2O3/c1-5-14(19)17-16(3,4)11-12(2)18-21-15(20)13-9-7-6-8-10-13/h5-10H,1,11H2,2-4H3,(H,17,19). The molecule has 0 aliphatic carbocycles. The summed E-state index contributed by atoms with van der Waals surface area (Å²) in [6, 6.07) is 8.63. The molecule has 0 saturated heterocycles. The van der Waals surface area contributed by atoms with E-state index in [0.717, 1.165) is 0 Å². The quantitative estimate of drug-likeness (QED) is 0.379. The monoisotopic (exact) mass is 288 g/mol. The molecule has 1 aromatic carbocycles. The predicted octanol–water partition coefficient (Wildman–Crippen LogP) is 2.69. The van der Waals surface area contributed by atoms with Crippen LogP contribution in [0.3, 0.4) is 0 Å². The normalized spacial score (nSPS) is 11.7. The van der Waals surface area contributed by atoms with Crippen LogP contribution in [0.15, 0.2) is 48.1 Å². The Bertz CT molecular complexity index is 548. The Morgan fingerprint density at radius 2 is 1.95 bits per heavy atom. The van der Waals surface area contributed by atoms with Crippen molar-refractivity contribution in [3.63, 3.8) is 0 Å². The summed E-state index contributed by atoms with van der Waals surface area (Å²) in [5.74, 6) is -0.767. The highest BCUT2D eigenvalue weighted by Gasteiger charge is 2.20. The lowest BCUT2D eigenvalue weighted by molar-refractivity contribution is -0.117. The number of benzene rings is 1. The van der Waals surface area contributed by atoms with Crippen molar-refractivity contribution < 1.29 is 14.4 Å². The molecule has 0 aromatic heterocycles. The maximum Gasteiger partial charge on any atom is 0.365 e. The Morgan fingerprint density at radius 3 is 2.52 bits per heavy atom. The molecule has 0 heterocycles. The van der Waals surface area contributed by atoms with E-state index in [4.69, 9.17) is 4.84 Å². The molecule has 0 aliphatic heterocycles. The summed E-state index contributed by atoms with van der Waals surface area (Å²) in [6.07, 6.45) is 1.66. The molecular weight excluding hydrogens is 268 g/mol. The van der Waals surface area contributed by atoms with Gasteiger partial charge in [-0.15, -0.1) is 0 Å². The van der Waals surface area contributed by atoms with Gasteiger partial charge in [-0.3, -0.25) is 4.79 Å². The van der Waals surface area contributed by atoms with Gasteiger partial charge in [0.2, 0.25) is 5.91 Å². The first kappa shape index (κ1) is 16.6. The lowest BCUT2D eigenvalue weighted by Gasteiger charge is -2.25. The highest BCUT2D eigenvalue weighted by atomic mass is 16.7. The number of hydrogen-bond acceptors (Lipinski definition) is 4. The summed E-state index contributed by atoms with van der Waals surface area (Å²) < 4.78 is 0. The van der Waals surface area contributed by atoms with Crippen LogP contribution in [0, 0.1) is 0 Å². The molecule has 0 fully saturated rings. The molecule has 0 bridgehead atoms. The van der Waals surface area contributed by atoms with Crippen molar-refractivity contribution in [3.05, 3.63) is 48.6 Å². The topological polar surface area (TPSA) is 67.8 Å². The van der Waals surface area contributed by atoms with Crippen molar-refractivity contribution in [2.75, 3.05) is 0 Å². The number of amides is 1. The number of rotatable bonds is 6. The SMILES string of the molecule is C=CC(=O)NC(C)(C)CC(C)=NOC(=O)c1ccccc1. The van der Waals surface area contributed by atoms with Crippen LogP contribution in [0.25, 0.3) is 0 Å². The molecule has 0 saturated carbocycles. The largest absolute Gasteiger partial charge is 0.365 e. The van der Waals surface area contributed by atoms with E-state index < -0.39 is 11.5 Å². The van der Waals surface area contributed by atoms with Gasteiger partial charge in [0, 0.05) is 12.0 Å². The number of nitrogens with zero attached hydrogens (tertiary/aromatic N) is 1. The molecule has 5 nitrogen and oxygen atoms in total. The summed E-state index contributed by atoms with van der Waals surface area (Å²) in [7, 11) is 0. The Morgan fingerprint density at radius 1 is 1.33 bits per heavy atom. The van der Waals surface area contributed by atoms with E-state index in [1.165, 1.54) is 6.08 Å². The van der Waals surface area contributed by atoms with E-state index in [9.17, 15) is 9.59 Å². The second-order valence-corrected chi connectivity index (χ2v) is 5.33. The lowest BCUT2D eigenvalue weighted by Crippen LogP contribution is -2.43. The van der Waals surface area contributed by atoms with Crippen molar-refractivity contribution in [2.45, 2.75) is 32.7 Å². The first-order chi connectivity index (χ1) is 9.84. The molecule has 0 unspecified atom stereocenters. The first-order valence-corrected chi connectivity index (χ1v) is 6.58. The maximum absolute atomic E-state index is 11.7. The molecular formula is C16H20N2O3. The number of carbonyl (C=O) groups excluding carboxylic acids is 2. The van der Waals surface area contributed by atoms with E-state index in [2.05, 4.69) is 17.1 Å². The second kappa shape index (κ2) is 7.38. The summed E-state index contributed by atoms with van der Waals surface area (Å²) in [5, 5.41) is 6.59. The van der Waals surface area contributed by atoms with Crippen LogP contribution in [0.1, 0.15) is 37.6 Å². The minimum absolute atomic E-state index is 0.255. The molecule has 112 valence electrons. The van der Waals surface area contributed by atoms with E-state index >= 15 is 0 Å². The molecule has 0 spiro atoms. The molecule has 0 atom stereocenters. The predicted molar refractivity (Wildman–Crippen MR) is 82.0 cm³/mol. The van der Waals surface area contributed by atoms with Crippen molar-refractivity contribution in [1.82, 2.24) is 5.32 Å². The summed E-state index contributed by atoms with van der Waals surface area (Å²) in [5.41, 5.74) is 0.541. The van der Waals surface area contributed by atoms with Crippen molar-refractivity contribution in [2.24, 2.45) is 5.16 Å². The number of hydrogen-bond donors (Lipinski definition) is 1. The molecule has 1 N–H and O–H groups in total. The summed E-state index contributed by atoms with van der Waals surface area (Å²) in [4.78, 5) is 27.9. The van der Waals surface area contributed by atoms with E-state index in [-0.39, 0.29) is 5.91 Å². The van der Waals surface area contributed by atoms with Crippen LogP contribution >= 0.6 is 0 Å². The lowest BCUT2D eigenvalue weighted by atomic mass is 9.98. The van der Waals surface area contributed by atoms with Crippen LogP contribution < -0.4 is 5.32 Å². The van der Waals surface area contributed by atoms with E-state index in [0.29, 0.717) is 17.7 Å². The number of oxime groups is 1. The van der Waals surface area contributed by atoms with Crippen LogP contribution in [0.2, 0.25) is 0 Å². The zero-order valence-electron chi connectivity index (χ0n) is 12.6. The third-order valence-electron chi connectivity index (χ3n) is 2.64. The molecule has 5 heteroatoms. The zero-order valence-corrected chi connectivity index (χ0v) is 12.6. The highest BCUT2D eigenvalue weighted by molar-refractivity contribution is 5.91. The zero-order chi connectivity index (χ0) is 15.9. The van der Waals surface area contributed by atoms with Crippen molar-refractivity contribution >= 4 is 17.6 Å². The first-order valence-electron chi connectivity index (χ1n) is 6.58. The Balaban J connectivity index is 2.59. The minimum Gasteiger partial charge on any atom is -0.347 e. The Hall–Kier alpha value is -2.43. The van der Waals surface area contributed by atoms with Gasteiger partial charge in [0.1, 0.15) is 0 Å². The molecule has 1 aromatic rings. The summed E-state index contributed by atoms with van der Waals surface area (Å²) >= 11 is 0. The fraction of sp³-hybridized carbons (Fsp3) is 0.312. The van der Waals surface area contributed by atoms with Gasteiger partial charge in [0.05, 0.1) is 11.3 Å². The third-order valence-corrected chi connectivity index (χ3v) is 2.64. The van der Waals surface area contributed by atoms with Gasteiger partial charge in [0.25, 0.3) is 0 Å². The maximum atomic E-state index is 11.7.